The fourth-order valence-electron chi connectivity index (χ4n) is 2.03. The molecular weight excluding hydrogens is 383 g/mol. The van der Waals surface area contributed by atoms with E-state index in [0.29, 0.717) is 33.6 Å². The lowest BCUT2D eigenvalue weighted by Crippen LogP contribution is -2.30. The maximum atomic E-state index is 12.0. The first-order valence-corrected chi connectivity index (χ1v) is 9.36. The van der Waals surface area contributed by atoms with E-state index in [4.69, 9.17) is 27.9 Å². The van der Waals surface area contributed by atoms with E-state index in [1.54, 1.807) is 30.5 Å². The Labute approximate surface area is 160 Å². The van der Waals surface area contributed by atoms with Gasteiger partial charge in [0.1, 0.15) is 5.03 Å². The summed E-state index contributed by atoms with van der Waals surface area (Å²) in [6, 6.07) is 8.46. The average molecular weight is 399 g/mol. The zero-order valence-electron chi connectivity index (χ0n) is 13.4. The molecule has 0 saturated heterocycles. The second-order valence-electron chi connectivity index (χ2n) is 4.97. The third-order valence-corrected chi connectivity index (χ3v) is 4.55. The fraction of sp³-hybridized carbons (Fsp3) is 0.235. The quantitative estimate of drug-likeness (QED) is 0.569. The molecule has 5 nitrogen and oxygen atoms in total. The normalized spacial score (nSPS) is 10.4. The van der Waals surface area contributed by atoms with Crippen LogP contribution in [0, 0.1) is 0 Å². The van der Waals surface area contributed by atoms with E-state index in [9.17, 15) is 9.59 Å². The van der Waals surface area contributed by atoms with Crippen LogP contribution in [0.25, 0.3) is 0 Å². The summed E-state index contributed by atoms with van der Waals surface area (Å²) in [4.78, 5) is 27.9. The first-order chi connectivity index (χ1) is 12.0. The van der Waals surface area contributed by atoms with Crippen LogP contribution < -0.4 is 5.32 Å². The maximum Gasteiger partial charge on any atom is 0.341 e. The highest BCUT2D eigenvalue weighted by Crippen LogP contribution is 2.21. The minimum Gasteiger partial charge on any atom is -0.452 e. The van der Waals surface area contributed by atoms with Crippen LogP contribution in [-0.2, 0) is 16.0 Å². The van der Waals surface area contributed by atoms with Crippen molar-refractivity contribution in [3.05, 3.63) is 57.7 Å². The number of rotatable bonds is 7. The molecule has 0 atom stereocenters. The summed E-state index contributed by atoms with van der Waals surface area (Å²) in [6.45, 7) is 0.0244. The highest BCUT2D eigenvalue weighted by atomic mass is 35.5. The second kappa shape index (κ2) is 9.65. The molecule has 0 spiro atoms. The molecule has 2 aromatic rings. The van der Waals surface area contributed by atoms with Gasteiger partial charge in [0.05, 0.1) is 5.56 Å². The van der Waals surface area contributed by atoms with Gasteiger partial charge < -0.3 is 10.1 Å². The predicted octanol–water partition coefficient (Wildman–Crippen LogP) is 3.63. The van der Waals surface area contributed by atoms with Gasteiger partial charge in [-0.1, -0.05) is 29.3 Å². The molecule has 25 heavy (non-hydrogen) atoms. The van der Waals surface area contributed by atoms with E-state index in [0.717, 1.165) is 5.56 Å². The summed E-state index contributed by atoms with van der Waals surface area (Å²) in [5.74, 6) is -0.957. The number of carbonyl (C=O) groups is 2. The van der Waals surface area contributed by atoms with Crippen LogP contribution in [0.3, 0.4) is 0 Å². The van der Waals surface area contributed by atoms with E-state index < -0.39 is 5.97 Å². The van der Waals surface area contributed by atoms with Crippen molar-refractivity contribution in [2.45, 2.75) is 11.4 Å². The Morgan fingerprint density at radius 2 is 2.08 bits per heavy atom. The van der Waals surface area contributed by atoms with E-state index in [1.165, 1.54) is 11.8 Å². The smallest absolute Gasteiger partial charge is 0.341 e. The first-order valence-electron chi connectivity index (χ1n) is 7.38. The minimum atomic E-state index is -0.576. The zero-order chi connectivity index (χ0) is 18.2. The van der Waals surface area contributed by atoms with Crippen molar-refractivity contribution in [3.8, 4) is 0 Å². The van der Waals surface area contributed by atoms with Crippen molar-refractivity contribution >= 4 is 46.8 Å². The summed E-state index contributed by atoms with van der Waals surface area (Å²) in [6.07, 6.45) is 3.96. The molecule has 0 saturated carbocycles. The molecule has 0 bridgehead atoms. The monoisotopic (exact) mass is 398 g/mol. The Hall–Kier alpha value is -1.76. The van der Waals surface area contributed by atoms with Gasteiger partial charge in [-0.2, -0.15) is 0 Å². The van der Waals surface area contributed by atoms with Gasteiger partial charge in [-0.25, -0.2) is 9.78 Å². The molecular formula is C17H16Cl2N2O3S. The number of amides is 1. The minimum absolute atomic E-state index is 0.343. The molecule has 1 amide bonds. The molecule has 0 unspecified atom stereocenters. The lowest BCUT2D eigenvalue weighted by atomic mass is 10.1. The second-order valence-corrected chi connectivity index (χ2v) is 6.61. The van der Waals surface area contributed by atoms with Gasteiger partial charge in [-0.3, -0.25) is 4.79 Å². The van der Waals surface area contributed by atoms with Crippen LogP contribution in [0.2, 0.25) is 10.0 Å². The number of halogens is 2. The summed E-state index contributed by atoms with van der Waals surface area (Å²) in [7, 11) is 0. The highest BCUT2D eigenvalue weighted by Gasteiger charge is 2.14. The number of hydrogen-bond donors (Lipinski definition) is 1. The van der Waals surface area contributed by atoms with Gasteiger partial charge in [0.2, 0.25) is 0 Å². The summed E-state index contributed by atoms with van der Waals surface area (Å²) >= 11 is 13.2. The molecule has 1 aromatic carbocycles. The molecule has 2 rings (SSSR count). The van der Waals surface area contributed by atoms with Gasteiger partial charge in [0, 0.05) is 22.8 Å². The van der Waals surface area contributed by atoms with Crippen molar-refractivity contribution in [1.82, 2.24) is 10.3 Å². The topological polar surface area (TPSA) is 68.3 Å². The average Bonchev–Trinajstić information content (AvgIpc) is 2.61. The zero-order valence-corrected chi connectivity index (χ0v) is 15.7. The predicted molar refractivity (Wildman–Crippen MR) is 99.5 cm³/mol. The number of carbonyl (C=O) groups excluding carboxylic acids is 2. The highest BCUT2D eigenvalue weighted by molar-refractivity contribution is 7.98. The van der Waals surface area contributed by atoms with Crippen LogP contribution in [0.5, 0.6) is 0 Å². The van der Waals surface area contributed by atoms with Crippen molar-refractivity contribution in [2.24, 2.45) is 0 Å². The van der Waals surface area contributed by atoms with Gasteiger partial charge in [-0.15, -0.1) is 11.8 Å². The van der Waals surface area contributed by atoms with Crippen LogP contribution >= 0.6 is 35.0 Å². The third kappa shape index (κ3) is 5.92. The third-order valence-electron chi connectivity index (χ3n) is 3.25. The van der Waals surface area contributed by atoms with Crippen molar-refractivity contribution in [3.63, 3.8) is 0 Å². The van der Waals surface area contributed by atoms with Crippen LogP contribution in [0.4, 0.5) is 0 Å². The molecule has 1 N–H and O–H groups in total. The number of ether oxygens (including phenoxy) is 1. The van der Waals surface area contributed by atoms with E-state index in [-0.39, 0.29) is 12.5 Å². The van der Waals surface area contributed by atoms with Crippen molar-refractivity contribution in [1.29, 1.82) is 0 Å². The molecule has 132 valence electrons. The van der Waals surface area contributed by atoms with Crippen LogP contribution in [0.15, 0.2) is 41.6 Å². The Kier molecular flexibility index (Phi) is 7.55. The maximum absolute atomic E-state index is 12.0. The number of hydrogen-bond acceptors (Lipinski definition) is 5. The Morgan fingerprint density at radius 1 is 1.28 bits per heavy atom. The standard InChI is InChI=1S/C17H16Cl2N2O3S/c1-25-16-13(3-2-7-21-16)17(23)24-10-15(22)20-8-6-11-4-5-12(18)9-14(11)19/h2-5,7,9H,6,8,10H2,1H3,(H,20,22). The number of esters is 1. The van der Waals surface area contributed by atoms with Crippen molar-refractivity contribution < 1.29 is 14.3 Å². The first kappa shape index (κ1) is 19.6. The number of pyridine rings is 1. The number of benzene rings is 1. The van der Waals surface area contributed by atoms with Crippen LogP contribution in [0.1, 0.15) is 15.9 Å². The SMILES string of the molecule is CSc1ncccc1C(=O)OCC(=O)NCCc1ccc(Cl)cc1Cl. The summed E-state index contributed by atoms with van der Waals surface area (Å²) in [5, 5.41) is 4.35. The summed E-state index contributed by atoms with van der Waals surface area (Å²) in [5.41, 5.74) is 1.22. The molecule has 0 aliphatic carbocycles. The molecule has 0 radical (unpaired) electrons. The molecule has 0 aliphatic heterocycles. The Bertz CT molecular complexity index is 771. The number of nitrogens with zero attached hydrogens (tertiary/aromatic N) is 1. The largest absolute Gasteiger partial charge is 0.452 e. The number of aromatic nitrogens is 1. The molecule has 0 aliphatic rings. The van der Waals surface area contributed by atoms with E-state index in [2.05, 4.69) is 10.3 Å². The number of nitrogens with one attached hydrogen (secondary N) is 1. The number of thioether (sulfide) groups is 1. The van der Waals surface area contributed by atoms with E-state index >= 15 is 0 Å². The molecule has 1 heterocycles. The lowest BCUT2D eigenvalue weighted by Gasteiger charge is -2.09. The van der Waals surface area contributed by atoms with Gasteiger partial charge >= 0.3 is 5.97 Å². The van der Waals surface area contributed by atoms with Gasteiger partial charge in [0.25, 0.3) is 5.91 Å². The van der Waals surface area contributed by atoms with Gasteiger partial charge in [-0.05, 0) is 42.5 Å². The Balaban J connectivity index is 1.78. The Morgan fingerprint density at radius 3 is 2.80 bits per heavy atom. The van der Waals surface area contributed by atoms with Crippen LogP contribution in [-0.4, -0.2) is 36.3 Å². The lowest BCUT2D eigenvalue weighted by molar-refractivity contribution is -0.124. The van der Waals surface area contributed by atoms with E-state index in [1.807, 2.05) is 12.3 Å². The molecule has 8 heteroatoms. The molecule has 1 aromatic heterocycles. The van der Waals surface area contributed by atoms with Crippen molar-refractivity contribution in [2.75, 3.05) is 19.4 Å². The molecule has 0 fully saturated rings. The fourth-order valence-corrected chi connectivity index (χ4v) is 3.07. The van der Waals surface area contributed by atoms with Gasteiger partial charge in [0.15, 0.2) is 6.61 Å². The summed E-state index contributed by atoms with van der Waals surface area (Å²) < 4.78 is 5.03.